The molecule has 118 valence electrons. The predicted molar refractivity (Wildman–Crippen MR) is 76.4 cm³/mol. The number of nitrogens with one attached hydrogen (secondary N) is 1. The average Bonchev–Trinajstić information content (AvgIpc) is 2.45. The smallest absolute Gasteiger partial charge is 0.309 e. The van der Waals surface area contributed by atoms with E-state index in [0.29, 0.717) is 25.1 Å². The Labute approximate surface area is 124 Å². The fourth-order valence-corrected chi connectivity index (χ4v) is 2.35. The summed E-state index contributed by atoms with van der Waals surface area (Å²) in [6.07, 6.45) is 1.11. The highest BCUT2D eigenvalue weighted by molar-refractivity contribution is 6.23. The topological polar surface area (TPSA) is 92.7 Å². The van der Waals surface area contributed by atoms with Crippen LogP contribution in [0.25, 0.3) is 0 Å². The first-order chi connectivity index (χ1) is 10.0. The molecule has 0 aromatic rings. The van der Waals surface area contributed by atoms with Crippen molar-refractivity contribution in [3.8, 4) is 0 Å². The lowest BCUT2D eigenvalue weighted by Gasteiger charge is -2.23. The average molecular weight is 297 g/mol. The lowest BCUT2D eigenvalue weighted by Crippen LogP contribution is -2.34. The van der Waals surface area contributed by atoms with Crippen LogP contribution in [0.2, 0.25) is 0 Å². The molecule has 0 amide bonds. The van der Waals surface area contributed by atoms with Crippen molar-refractivity contribution in [2.45, 2.75) is 39.5 Å². The minimum Gasteiger partial charge on any atom is -0.466 e. The maximum absolute atomic E-state index is 12.2. The van der Waals surface area contributed by atoms with Crippen molar-refractivity contribution in [3.63, 3.8) is 0 Å². The molecule has 1 rings (SSSR count). The van der Waals surface area contributed by atoms with Crippen LogP contribution in [0.1, 0.15) is 39.5 Å². The van der Waals surface area contributed by atoms with Crippen molar-refractivity contribution in [1.82, 2.24) is 5.32 Å². The van der Waals surface area contributed by atoms with Gasteiger partial charge in [0.2, 0.25) is 0 Å². The summed E-state index contributed by atoms with van der Waals surface area (Å²) in [6, 6.07) is 0. The van der Waals surface area contributed by atoms with Crippen molar-refractivity contribution in [2.75, 3.05) is 19.8 Å². The van der Waals surface area contributed by atoms with E-state index in [9.17, 15) is 14.4 Å². The normalized spacial score (nSPS) is 18.6. The third kappa shape index (κ3) is 4.67. The van der Waals surface area contributed by atoms with Crippen LogP contribution in [0, 0.1) is 5.92 Å². The highest BCUT2D eigenvalue weighted by Gasteiger charge is 2.36. The van der Waals surface area contributed by atoms with Gasteiger partial charge in [-0.05, 0) is 19.8 Å². The number of allylic oxidation sites excluding steroid dienone is 2. The van der Waals surface area contributed by atoms with Gasteiger partial charge in [-0.3, -0.25) is 14.4 Å². The van der Waals surface area contributed by atoms with Gasteiger partial charge >= 0.3 is 5.97 Å². The molecule has 6 nitrogen and oxygen atoms in total. The van der Waals surface area contributed by atoms with Crippen molar-refractivity contribution in [3.05, 3.63) is 11.3 Å². The Morgan fingerprint density at radius 2 is 1.90 bits per heavy atom. The van der Waals surface area contributed by atoms with E-state index in [4.69, 9.17) is 9.84 Å². The maximum Gasteiger partial charge on any atom is 0.309 e. The third-order valence-corrected chi connectivity index (χ3v) is 3.37. The maximum atomic E-state index is 12.2. The molecule has 0 radical (unpaired) electrons. The second kappa shape index (κ2) is 8.56. The summed E-state index contributed by atoms with van der Waals surface area (Å²) in [4.78, 5) is 36.0. The van der Waals surface area contributed by atoms with E-state index in [0.717, 1.165) is 0 Å². The number of hydrogen-bond acceptors (Lipinski definition) is 6. The molecule has 0 aromatic carbocycles. The summed E-state index contributed by atoms with van der Waals surface area (Å²) in [5, 5.41) is 11.8. The first-order valence-corrected chi connectivity index (χ1v) is 7.35. The van der Waals surface area contributed by atoms with Crippen LogP contribution < -0.4 is 5.32 Å². The molecule has 0 bridgehead atoms. The van der Waals surface area contributed by atoms with E-state index in [1.165, 1.54) is 0 Å². The zero-order valence-electron chi connectivity index (χ0n) is 12.6. The number of ether oxygens (including phenoxy) is 1. The van der Waals surface area contributed by atoms with Gasteiger partial charge in [-0.25, -0.2) is 0 Å². The summed E-state index contributed by atoms with van der Waals surface area (Å²) < 4.78 is 4.88. The molecule has 0 atom stereocenters. The molecule has 2 N–H and O–H groups in total. The Morgan fingerprint density at radius 3 is 2.38 bits per heavy atom. The van der Waals surface area contributed by atoms with Crippen LogP contribution in [-0.4, -0.2) is 42.4 Å². The van der Waals surface area contributed by atoms with Crippen LogP contribution in [0.15, 0.2) is 11.3 Å². The molecule has 0 aromatic heterocycles. The zero-order chi connectivity index (χ0) is 15.8. The number of ketones is 2. The van der Waals surface area contributed by atoms with Gasteiger partial charge < -0.3 is 15.2 Å². The molecular weight excluding hydrogens is 274 g/mol. The monoisotopic (exact) mass is 297 g/mol. The fourth-order valence-electron chi connectivity index (χ4n) is 2.35. The second-order valence-corrected chi connectivity index (χ2v) is 4.91. The van der Waals surface area contributed by atoms with E-state index >= 15 is 0 Å². The van der Waals surface area contributed by atoms with E-state index < -0.39 is 11.9 Å². The van der Waals surface area contributed by atoms with Crippen LogP contribution in [0.4, 0.5) is 0 Å². The van der Waals surface area contributed by atoms with Crippen molar-refractivity contribution >= 4 is 17.5 Å². The Hall–Kier alpha value is -1.69. The summed E-state index contributed by atoms with van der Waals surface area (Å²) in [5.41, 5.74) is 0.775. The Morgan fingerprint density at radius 1 is 1.29 bits per heavy atom. The van der Waals surface area contributed by atoms with Gasteiger partial charge in [-0.1, -0.05) is 6.92 Å². The first-order valence-electron chi connectivity index (χ1n) is 7.35. The van der Waals surface area contributed by atoms with Gasteiger partial charge in [-0.15, -0.1) is 0 Å². The second-order valence-electron chi connectivity index (χ2n) is 4.91. The largest absolute Gasteiger partial charge is 0.466 e. The number of aliphatic hydroxyl groups is 1. The number of rotatable bonds is 7. The van der Waals surface area contributed by atoms with Crippen molar-refractivity contribution in [1.29, 1.82) is 0 Å². The Balaban J connectivity index is 2.83. The van der Waals surface area contributed by atoms with Gasteiger partial charge in [0.1, 0.15) is 0 Å². The number of Topliss-reactive ketones (excluding diaryl/α,β-unsaturated/α-hetero) is 2. The molecule has 0 unspecified atom stereocenters. The summed E-state index contributed by atoms with van der Waals surface area (Å²) in [7, 11) is 0. The Kier molecular flexibility index (Phi) is 7.08. The van der Waals surface area contributed by atoms with Gasteiger partial charge in [0, 0.05) is 31.7 Å². The van der Waals surface area contributed by atoms with Gasteiger partial charge in [0.15, 0.2) is 11.6 Å². The number of carbonyl (C=O) groups excluding carboxylic acids is 3. The van der Waals surface area contributed by atoms with E-state index in [2.05, 4.69) is 5.32 Å². The minimum absolute atomic E-state index is 0.0189. The standard InChI is InChI=1S/C15H23NO5/c1-3-11(16-6-5-7-17)14-12(18)8-10(9-13(14)19)15(20)21-4-2/h10,16-17H,3-9H2,1-2H3. The van der Waals surface area contributed by atoms with Gasteiger partial charge in [-0.2, -0.15) is 0 Å². The van der Waals surface area contributed by atoms with Crippen LogP contribution in [-0.2, 0) is 19.1 Å². The van der Waals surface area contributed by atoms with E-state index in [-0.39, 0.29) is 43.2 Å². The Bertz CT molecular complexity index is 421. The van der Waals surface area contributed by atoms with E-state index in [1.807, 2.05) is 6.92 Å². The highest BCUT2D eigenvalue weighted by Crippen LogP contribution is 2.26. The highest BCUT2D eigenvalue weighted by atomic mass is 16.5. The molecule has 0 saturated heterocycles. The first kappa shape index (κ1) is 17.4. The van der Waals surface area contributed by atoms with Gasteiger partial charge in [0.25, 0.3) is 0 Å². The van der Waals surface area contributed by atoms with Crippen molar-refractivity contribution < 1.29 is 24.2 Å². The molecule has 0 aliphatic heterocycles. The van der Waals surface area contributed by atoms with Gasteiger partial charge in [0.05, 0.1) is 18.1 Å². The van der Waals surface area contributed by atoms with Crippen LogP contribution >= 0.6 is 0 Å². The molecule has 0 spiro atoms. The summed E-state index contributed by atoms with van der Waals surface area (Å²) >= 11 is 0. The lowest BCUT2D eigenvalue weighted by atomic mass is 9.82. The lowest BCUT2D eigenvalue weighted by molar-refractivity contribution is -0.151. The minimum atomic E-state index is -0.663. The third-order valence-electron chi connectivity index (χ3n) is 3.37. The summed E-state index contributed by atoms with van der Waals surface area (Å²) in [6.45, 7) is 4.34. The number of carbonyl (C=O) groups is 3. The molecule has 1 aliphatic carbocycles. The predicted octanol–water partition coefficient (Wildman–Crippen LogP) is 0.734. The number of aliphatic hydroxyl groups excluding tert-OH is 1. The number of hydrogen-bond donors (Lipinski definition) is 2. The molecule has 1 aliphatic rings. The zero-order valence-corrected chi connectivity index (χ0v) is 12.6. The molecule has 0 heterocycles. The molecule has 6 heteroatoms. The quantitative estimate of drug-likeness (QED) is 0.311. The summed E-state index contributed by atoms with van der Waals surface area (Å²) in [5.74, 6) is -1.76. The molecule has 21 heavy (non-hydrogen) atoms. The van der Waals surface area contributed by atoms with E-state index in [1.54, 1.807) is 6.92 Å². The van der Waals surface area contributed by atoms with Crippen molar-refractivity contribution in [2.24, 2.45) is 5.92 Å². The molecular formula is C15H23NO5. The van der Waals surface area contributed by atoms with Crippen LogP contribution in [0.5, 0.6) is 0 Å². The molecule has 1 fully saturated rings. The van der Waals surface area contributed by atoms with Crippen LogP contribution in [0.3, 0.4) is 0 Å². The number of esters is 1. The molecule has 1 saturated carbocycles. The fraction of sp³-hybridized carbons (Fsp3) is 0.667. The SMILES string of the molecule is CCOC(=O)C1CC(=O)C(=C(CC)NCCCO)C(=O)C1.